The molecule has 26 heavy (non-hydrogen) atoms. The number of carbonyl (C=O) groups excluding carboxylic acids is 1. The second-order valence-electron chi connectivity index (χ2n) is 7.71. The first-order valence-electron chi connectivity index (χ1n) is 8.66. The van der Waals surface area contributed by atoms with Gasteiger partial charge < -0.3 is 10.1 Å². The van der Waals surface area contributed by atoms with Crippen molar-refractivity contribution in [2.45, 2.75) is 47.0 Å². The van der Waals surface area contributed by atoms with Gasteiger partial charge in [0.05, 0.1) is 12.5 Å². The van der Waals surface area contributed by atoms with Gasteiger partial charge in [0.1, 0.15) is 6.61 Å². The smallest absolute Gasteiger partial charge is 0.367 e. The molecule has 1 fully saturated rings. The fraction of sp³-hybridized carbons (Fsp3) is 0.550. The quantitative estimate of drug-likeness (QED) is 0.712. The minimum absolute atomic E-state index is 0.0209. The summed E-state index contributed by atoms with van der Waals surface area (Å²) >= 11 is 0. The van der Waals surface area contributed by atoms with E-state index >= 15 is 0 Å². The lowest BCUT2D eigenvalue weighted by atomic mass is 10.1. The first kappa shape index (κ1) is 20.5. The van der Waals surface area contributed by atoms with Crippen molar-refractivity contribution in [2.75, 3.05) is 6.61 Å². The highest BCUT2D eigenvalue weighted by Crippen LogP contribution is 2.59. The fourth-order valence-electron chi connectivity index (χ4n) is 3.19. The van der Waals surface area contributed by atoms with Crippen molar-refractivity contribution in [3.8, 4) is 0 Å². The third kappa shape index (κ3) is 5.59. The first-order valence-corrected chi connectivity index (χ1v) is 8.66. The summed E-state index contributed by atoms with van der Waals surface area (Å²) in [5.74, 6) is 0.281. The molecule has 0 saturated heterocycles. The van der Waals surface area contributed by atoms with E-state index in [-0.39, 0.29) is 29.8 Å². The highest BCUT2D eigenvalue weighted by molar-refractivity contribution is 5.83. The number of halogens is 3. The van der Waals surface area contributed by atoms with E-state index in [0.29, 0.717) is 12.1 Å². The zero-order chi connectivity index (χ0) is 19.5. The Bertz CT molecular complexity index is 659. The van der Waals surface area contributed by atoms with Crippen molar-refractivity contribution in [3.63, 3.8) is 0 Å². The van der Waals surface area contributed by atoms with E-state index in [1.165, 1.54) is 5.57 Å². The van der Waals surface area contributed by atoms with Crippen LogP contribution in [0.15, 0.2) is 35.9 Å². The highest BCUT2D eigenvalue weighted by Gasteiger charge is 2.60. The third-order valence-corrected chi connectivity index (χ3v) is 4.73. The largest absolute Gasteiger partial charge is 0.411 e. The Morgan fingerprint density at radius 2 is 1.77 bits per heavy atom. The predicted molar refractivity (Wildman–Crippen MR) is 94.2 cm³/mol. The molecule has 2 atom stereocenters. The van der Waals surface area contributed by atoms with Crippen LogP contribution in [0.4, 0.5) is 13.2 Å². The standard InChI is InChI=1S/C20H26F3NO2/c1-13(2)9-16-17(19(16,3)4)18(25)24-10-14-5-7-15(8-6-14)11-26-12-20(21,22)23/h5-9,16-17H,10-12H2,1-4H3,(H,24,25). The molecule has 0 radical (unpaired) electrons. The molecule has 2 unspecified atom stereocenters. The Kier molecular flexibility index (Phi) is 6.17. The predicted octanol–water partition coefficient (Wildman–Crippen LogP) is 4.62. The monoisotopic (exact) mass is 369 g/mol. The summed E-state index contributed by atoms with van der Waals surface area (Å²) in [5.41, 5.74) is 2.74. The normalized spacial score (nSPS) is 21.2. The highest BCUT2D eigenvalue weighted by atomic mass is 19.4. The summed E-state index contributed by atoms with van der Waals surface area (Å²) in [5, 5.41) is 2.95. The van der Waals surface area contributed by atoms with Gasteiger partial charge in [0.15, 0.2) is 0 Å². The van der Waals surface area contributed by atoms with Gasteiger partial charge in [-0.15, -0.1) is 0 Å². The van der Waals surface area contributed by atoms with Crippen LogP contribution >= 0.6 is 0 Å². The van der Waals surface area contributed by atoms with E-state index in [0.717, 1.165) is 5.56 Å². The molecule has 0 aliphatic heterocycles. The van der Waals surface area contributed by atoms with E-state index in [1.807, 2.05) is 13.8 Å². The Morgan fingerprint density at radius 3 is 2.31 bits per heavy atom. The zero-order valence-electron chi connectivity index (χ0n) is 15.6. The lowest BCUT2D eigenvalue weighted by molar-refractivity contribution is -0.176. The molecule has 1 aromatic carbocycles. The van der Waals surface area contributed by atoms with Crippen molar-refractivity contribution < 1.29 is 22.7 Å². The molecular formula is C20H26F3NO2. The molecule has 144 valence electrons. The summed E-state index contributed by atoms with van der Waals surface area (Å²) in [6, 6.07) is 7.01. The Balaban J connectivity index is 1.81. The van der Waals surface area contributed by atoms with Crippen molar-refractivity contribution in [2.24, 2.45) is 17.3 Å². The van der Waals surface area contributed by atoms with Gasteiger partial charge in [0.2, 0.25) is 5.91 Å². The minimum Gasteiger partial charge on any atom is -0.367 e. The number of hydrogen-bond donors (Lipinski definition) is 1. The minimum atomic E-state index is -4.32. The Morgan fingerprint density at radius 1 is 1.19 bits per heavy atom. The van der Waals surface area contributed by atoms with Crippen LogP contribution in [-0.2, 0) is 22.7 Å². The molecule has 1 saturated carbocycles. The molecule has 1 aromatic rings. The number of benzene rings is 1. The van der Waals surface area contributed by atoms with Crippen LogP contribution in [0.3, 0.4) is 0 Å². The maximum atomic E-state index is 12.4. The summed E-state index contributed by atoms with van der Waals surface area (Å²) in [6.45, 7) is 7.30. The molecule has 0 heterocycles. The van der Waals surface area contributed by atoms with Gasteiger partial charge in [-0.25, -0.2) is 0 Å². The van der Waals surface area contributed by atoms with E-state index in [2.05, 4.69) is 30.0 Å². The molecule has 6 heteroatoms. The van der Waals surface area contributed by atoms with Gasteiger partial charge in [0.25, 0.3) is 0 Å². The maximum Gasteiger partial charge on any atom is 0.411 e. The van der Waals surface area contributed by atoms with E-state index < -0.39 is 12.8 Å². The summed E-state index contributed by atoms with van der Waals surface area (Å²) in [7, 11) is 0. The molecule has 1 aliphatic carbocycles. The summed E-state index contributed by atoms with van der Waals surface area (Å²) in [4.78, 5) is 12.4. The van der Waals surface area contributed by atoms with Crippen molar-refractivity contribution in [3.05, 3.63) is 47.0 Å². The van der Waals surface area contributed by atoms with Crippen LogP contribution in [0, 0.1) is 17.3 Å². The number of amides is 1. The van der Waals surface area contributed by atoms with Crippen molar-refractivity contribution in [1.29, 1.82) is 0 Å². The topological polar surface area (TPSA) is 38.3 Å². The molecule has 2 rings (SSSR count). The van der Waals surface area contributed by atoms with Gasteiger partial charge >= 0.3 is 6.18 Å². The lowest BCUT2D eigenvalue weighted by Crippen LogP contribution is -2.26. The molecule has 3 nitrogen and oxygen atoms in total. The number of allylic oxidation sites excluding steroid dienone is 2. The Hall–Kier alpha value is -1.82. The SMILES string of the molecule is CC(C)=CC1C(C(=O)NCc2ccc(COCC(F)(F)F)cc2)C1(C)C. The lowest BCUT2D eigenvalue weighted by Gasteiger charge is -2.09. The van der Waals surface area contributed by atoms with Gasteiger partial charge in [-0.2, -0.15) is 13.2 Å². The van der Waals surface area contributed by atoms with E-state index in [1.54, 1.807) is 24.3 Å². The average Bonchev–Trinajstić information content (AvgIpc) is 3.04. The molecule has 0 spiro atoms. The number of carbonyl (C=O) groups is 1. The van der Waals surface area contributed by atoms with Gasteiger partial charge in [-0.3, -0.25) is 4.79 Å². The third-order valence-electron chi connectivity index (χ3n) is 4.73. The Labute approximate surface area is 152 Å². The van der Waals surface area contributed by atoms with E-state index in [4.69, 9.17) is 0 Å². The number of rotatable bonds is 7. The number of nitrogens with one attached hydrogen (secondary N) is 1. The average molecular weight is 369 g/mol. The number of alkyl halides is 3. The van der Waals surface area contributed by atoms with Gasteiger partial charge in [-0.05, 0) is 36.3 Å². The second kappa shape index (κ2) is 7.82. The number of ether oxygens (including phenoxy) is 1. The van der Waals surface area contributed by atoms with Crippen molar-refractivity contribution in [1.82, 2.24) is 5.32 Å². The summed E-state index contributed by atoms with van der Waals surface area (Å²) in [6.07, 6.45) is -2.16. The molecular weight excluding hydrogens is 343 g/mol. The zero-order valence-corrected chi connectivity index (χ0v) is 15.6. The van der Waals surface area contributed by atoms with Gasteiger partial charge in [0, 0.05) is 6.54 Å². The van der Waals surface area contributed by atoms with Crippen molar-refractivity contribution >= 4 is 5.91 Å². The fourth-order valence-corrected chi connectivity index (χ4v) is 3.19. The van der Waals surface area contributed by atoms with Crippen LogP contribution in [0.2, 0.25) is 0 Å². The maximum absolute atomic E-state index is 12.4. The molecule has 1 amide bonds. The second-order valence-corrected chi connectivity index (χ2v) is 7.71. The van der Waals surface area contributed by atoms with E-state index in [9.17, 15) is 18.0 Å². The molecule has 0 bridgehead atoms. The summed E-state index contributed by atoms with van der Waals surface area (Å²) < 4.78 is 40.8. The molecule has 1 N–H and O–H groups in total. The first-order chi connectivity index (χ1) is 12.0. The van der Waals surface area contributed by atoms with Crippen LogP contribution in [0.25, 0.3) is 0 Å². The van der Waals surface area contributed by atoms with Crippen LogP contribution < -0.4 is 5.32 Å². The number of hydrogen-bond acceptors (Lipinski definition) is 2. The van der Waals surface area contributed by atoms with Crippen LogP contribution in [0.5, 0.6) is 0 Å². The van der Waals surface area contributed by atoms with Crippen LogP contribution in [0.1, 0.15) is 38.8 Å². The van der Waals surface area contributed by atoms with Gasteiger partial charge in [-0.1, -0.05) is 49.8 Å². The molecule has 0 aromatic heterocycles. The van der Waals surface area contributed by atoms with Crippen LogP contribution in [-0.4, -0.2) is 18.7 Å². The molecule has 1 aliphatic rings.